The van der Waals surface area contributed by atoms with Crippen LogP contribution in [0.3, 0.4) is 0 Å². The summed E-state index contributed by atoms with van der Waals surface area (Å²) in [6.45, 7) is 0.0423. The Labute approximate surface area is 197 Å². The van der Waals surface area contributed by atoms with Crippen molar-refractivity contribution in [2.75, 3.05) is 13.2 Å². The maximum absolute atomic E-state index is 12.2. The maximum atomic E-state index is 12.2. The summed E-state index contributed by atoms with van der Waals surface area (Å²) >= 11 is 0. The van der Waals surface area contributed by atoms with Crippen LogP contribution in [0.15, 0.2) is 73.1 Å². The van der Waals surface area contributed by atoms with Crippen LogP contribution < -0.4 is 5.48 Å². The standard InChI is InChI=1S/C27H27N3O4/c31-16-19(17-32)3-1-2-18-4-6-20(7-5-18)21-8-10-22(11-9-21)26-14-23(27(33)30-34)24-15-28-13-12-25(24)29-26/h4-15,19,31-32,34H,1-3,16-17H2,(H,30,33). The molecule has 0 spiro atoms. The Hall–Kier alpha value is -3.65. The number of hydroxylamine groups is 1. The summed E-state index contributed by atoms with van der Waals surface area (Å²) in [6.07, 6.45) is 5.80. The molecule has 2 aromatic carbocycles. The summed E-state index contributed by atoms with van der Waals surface area (Å²) < 4.78 is 0. The maximum Gasteiger partial charge on any atom is 0.275 e. The minimum Gasteiger partial charge on any atom is -0.396 e. The Balaban J connectivity index is 1.51. The van der Waals surface area contributed by atoms with Crippen LogP contribution in [0.4, 0.5) is 0 Å². The van der Waals surface area contributed by atoms with Gasteiger partial charge in [-0.2, -0.15) is 0 Å². The fourth-order valence-corrected chi connectivity index (χ4v) is 4.00. The molecule has 0 radical (unpaired) electrons. The van der Waals surface area contributed by atoms with E-state index in [2.05, 4.69) is 34.2 Å². The lowest BCUT2D eigenvalue weighted by Gasteiger charge is -2.11. The fourth-order valence-electron chi connectivity index (χ4n) is 4.00. The van der Waals surface area contributed by atoms with E-state index in [-0.39, 0.29) is 19.1 Å². The molecule has 0 saturated carbocycles. The first-order valence-corrected chi connectivity index (χ1v) is 11.2. The van der Waals surface area contributed by atoms with E-state index in [0.29, 0.717) is 22.2 Å². The van der Waals surface area contributed by atoms with Crippen molar-refractivity contribution in [3.05, 3.63) is 84.2 Å². The molecule has 0 unspecified atom stereocenters. The van der Waals surface area contributed by atoms with Crippen LogP contribution in [0, 0.1) is 5.92 Å². The zero-order valence-corrected chi connectivity index (χ0v) is 18.7. The molecule has 1 amide bonds. The van der Waals surface area contributed by atoms with E-state index in [1.807, 2.05) is 24.3 Å². The Morgan fingerprint density at radius 1 is 0.912 bits per heavy atom. The molecule has 174 valence electrons. The molecular weight excluding hydrogens is 430 g/mol. The highest BCUT2D eigenvalue weighted by Gasteiger charge is 2.14. The monoisotopic (exact) mass is 457 g/mol. The highest BCUT2D eigenvalue weighted by atomic mass is 16.5. The third-order valence-corrected chi connectivity index (χ3v) is 6.02. The molecule has 7 nitrogen and oxygen atoms in total. The van der Waals surface area contributed by atoms with E-state index in [1.54, 1.807) is 30.0 Å². The molecule has 0 aliphatic rings. The predicted octanol–water partition coefficient (Wildman–Crippen LogP) is 4.01. The van der Waals surface area contributed by atoms with Crippen molar-refractivity contribution in [1.82, 2.24) is 15.4 Å². The lowest BCUT2D eigenvalue weighted by atomic mass is 9.98. The Kier molecular flexibility index (Phi) is 7.59. The van der Waals surface area contributed by atoms with Gasteiger partial charge in [-0.25, -0.2) is 10.5 Å². The summed E-state index contributed by atoms with van der Waals surface area (Å²) in [6, 6.07) is 19.7. The third kappa shape index (κ3) is 5.28. The smallest absolute Gasteiger partial charge is 0.275 e. The van der Waals surface area contributed by atoms with Gasteiger partial charge in [-0.3, -0.25) is 15.0 Å². The van der Waals surface area contributed by atoms with Crippen molar-refractivity contribution in [2.45, 2.75) is 19.3 Å². The largest absolute Gasteiger partial charge is 0.396 e. The number of aromatic nitrogens is 2. The topological polar surface area (TPSA) is 116 Å². The van der Waals surface area contributed by atoms with Crippen molar-refractivity contribution in [3.63, 3.8) is 0 Å². The van der Waals surface area contributed by atoms with Gasteiger partial charge in [0.15, 0.2) is 0 Å². The molecule has 4 aromatic rings. The van der Waals surface area contributed by atoms with Crippen LogP contribution in [-0.4, -0.2) is 44.5 Å². The minimum atomic E-state index is -0.610. The number of aliphatic hydroxyl groups is 2. The molecule has 4 N–H and O–H groups in total. The van der Waals surface area contributed by atoms with Gasteiger partial charge in [-0.05, 0) is 48.1 Å². The van der Waals surface area contributed by atoms with E-state index in [1.165, 1.54) is 5.56 Å². The zero-order valence-electron chi connectivity index (χ0n) is 18.7. The molecule has 0 aliphatic carbocycles. The molecule has 34 heavy (non-hydrogen) atoms. The molecule has 0 fully saturated rings. The zero-order chi connectivity index (χ0) is 23.9. The van der Waals surface area contributed by atoms with E-state index in [4.69, 9.17) is 5.21 Å². The van der Waals surface area contributed by atoms with Crippen LogP contribution >= 0.6 is 0 Å². The van der Waals surface area contributed by atoms with E-state index in [9.17, 15) is 15.0 Å². The van der Waals surface area contributed by atoms with Crippen molar-refractivity contribution in [3.8, 4) is 22.4 Å². The number of nitrogens with one attached hydrogen (secondary N) is 1. The van der Waals surface area contributed by atoms with Crippen LogP contribution in [0.1, 0.15) is 28.8 Å². The molecule has 2 heterocycles. The van der Waals surface area contributed by atoms with Crippen LogP contribution in [0.25, 0.3) is 33.3 Å². The second-order valence-electron chi connectivity index (χ2n) is 8.29. The molecule has 0 atom stereocenters. The second-order valence-corrected chi connectivity index (χ2v) is 8.29. The summed E-state index contributed by atoms with van der Waals surface area (Å²) in [4.78, 5) is 20.9. The predicted molar refractivity (Wildman–Crippen MR) is 130 cm³/mol. The number of rotatable bonds is 9. The number of pyridine rings is 2. The number of hydrogen-bond acceptors (Lipinski definition) is 6. The Morgan fingerprint density at radius 2 is 1.56 bits per heavy atom. The molecule has 0 saturated heterocycles. The Morgan fingerprint density at radius 3 is 2.21 bits per heavy atom. The number of benzene rings is 2. The number of aliphatic hydroxyl groups excluding tert-OH is 2. The van der Waals surface area contributed by atoms with E-state index < -0.39 is 5.91 Å². The van der Waals surface area contributed by atoms with Crippen LogP contribution in [0.5, 0.6) is 0 Å². The summed E-state index contributed by atoms with van der Waals surface area (Å²) in [5.41, 5.74) is 7.48. The molecule has 0 bridgehead atoms. The molecule has 7 heteroatoms. The summed E-state index contributed by atoms with van der Waals surface area (Å²) in [7, 11) is 0. The number of carbonyl (C=O) groups is 1. The number of amides is 1. The van der Waals surface area contributed by atoms with Crippen LogP contribution in [0.2, 0.25) is 0 Å². The first kappa shape index (κ1) is 23.5. The first-order chi connectivity index (χ1) is 16.6. The summed E-state index contributed by atoms with van der Waals surface area (Å²) in [5, 5.41) is 28.1. The highest BCUT2D eigenvalue weighted by molar-refractivity contribution is 6.06. The highest BCUT2D eigenvalue weighted by Crippen LogP contribution is 2.27. The molecule has 0 aliphatic heterocycles. The van der Waals surface area contributed by atoms with Gasteiger partial charge in [-0.1, -0.05) is 48.5 Å². The molecule has 4 rings (SSSR count). The van der Waals surface area contributed by atoms with Gasteiger partial charge in [0.05, 0.1) is 16.8 Å². The third-order valence-electron chi connectivity index (χ3n) is 6.02. The SMILES string of the molecule is O=C(NO)c1cc(-c2ccc(-c3ccc(CCCC(CO)CO)cc3)cc2)nc2ccncc12. The van der Waals surface area contributed by atoms with E-state index in [0.717, 1.165) is 36.0 Å². The second kappa shape index (κ2) is 11.0. The van der Waals surface area contributed by atoms with Crippen molar-refractivity contribution >= 4 is 16.8 Å². The fraction of sp³-hybridized carbons (Fsp3) is 0.222. The Bertz CT molecular complexity index is 1250. The lowest BCUT2D eigenvalue weighted by Crippen LogP contribution is -2.19. The van der Waals surface area contributed by atoms with Gasteiger partial charge in [0.25, 0.3) is 5.91 Å². The number of aryl methyl sites for hydroxylation is 1. The van der Waals surface area contributed by atoms with Gasteiger partial charge in [-0.15, -0.1) is 0 Å². The van der Waals surface area contributed by atoms with Crippen molar-refractivity contribution in [1.29, 1.82) is 0 Å². The average Bonchev–Trinajstić information content (AvgIpc) is 2.90. The summed E-state index contributed by atoms with van der Waals surface area (Å²) in [5.74, 6) is -0.651. The van der Waals surface area contributed by atoms with Gasteiger partial charge in [0, 0.05) is 42.5 Å². The number of hydrogen-bond donors (Lipinski definition) is 4. The normalized spacial score (nSPS) is 11.2. The number of fused-ring (bicyclic) bond motifs is 1. The van der Waals surface area contributed by atoms with Gasteiger partial charge < -0.3 is 10.2 Å². The first-order valence-electron chi connectivity index (χ1n) is 11.2. The minimum absolute atomic E-state index is 0.0211. The van der Waals surface area contributed by atoms with Crippen molar-refractivity contribution < 1.29 is 20.2 Å². The molecule has 2 aromatic heterocycles. The quantitative estimate of drug-likeness (QED) is 0.223. The number of carbonyl (C=O) groups excluding carboxylic acids is 1. The lowest BCUT2D eigenvalue weighted by molar-refractivity contribution is 0.0708. The van der Waals surface area contributed by atoms with Gasteiger partial charge in [0.2, 0.25) is 0 Å². The van der Waals surface area contributed by atoms with E-state index >= 15 is 0 Å². The van der Waals surface area contributed by atoms with Gasteiger partial charge in [0.1, 0.15) is 0 Å². The van der Waals surface area contributed by atoms with Gasteiger partial charge >= 0.3 is 0 Å². The molecular formula is C27H27N3O4. The van der Waals surface area contributed by atoms with Crippen molar-refractivity contribution in [2.24, 2.45) is 5.92 Å². The van der Waals surface area contributed by atoms with Crippen LogP contribution in [-0.2, 0) is 6.42 Å². The average molecular weight is 458 g/mol. The number of nitrogens with zero attached hydrogens (tertiary/aromatic N) is 2.